The van der Waals surface area contributed by atoms with E-state index >= 15 is 0 Å². The largest absolute Gasteiger partial charge is 0.497 e. The molecule has 6 nitrogen and oxygen atoms in total. The SMILES string of the molecule is COc1ccc(-c2cc(C(F)(F)F)nc(N3N=CCC3(O)C(F)(F)F)n2)cc1. The minimum Gasteiger partial charge on any atom is -0.497 e. The minimum absolute atomic E-state index is 0.0603. The molecule has 0 fully saturated rings. The number of hydrogen-bond acceptors (Lipinski definition) is 6. The molecule has 1 aliphatic rings. The Balaban J connectivity index is 2.14. The van der Waals surface area contributed by atoms with E-state index in [1.165, 1.54) is 31.4 Å². The molecule has 150 valence electrons. The number of anilines is 1. The average Bonchev–Trinajstić information content (AvgIpc) is 3.04. The number of ether oxygens (including phenoxy) is 1. The van der Waals surface area contributed by atoms with E-state index < -0.39 is 36.1 Å². The summed E-state index contributed by atoms with van der Waals surface area (Å²) < 4.78 is 84.5. The number of nitrogens with zero attached hydrogens (tertiary/aromatic N) is 4. The summed E-state index contributed by atoms with van der Waals surface area (Å²) in [5.41, 5.74) is -5.15. The van der Waals surface area contributed by atoms with Crippen LogP contribution in [-0.4, -0.2) is 40.3 Å². The second kappa shape index (κ2) is 6.62. The maximum absolute atomic E-state index is 13.3. The Morgan fingerprint density at radius 1 is 1.07 bits per heavy atom. The van der Waals surface area contributed by atoms with Gasteiger partial charge in [0.2, 0.25) is 5.95 Å². The Labute approximate surface area is 154 Å². The molecule has 0 amide bonds. The Morgan fingerprint density at radius 3 is 2.25 bits per heavy atom. The van der Waals surface area contributed by atoms with E-state index in [2.05, 4.69) is 15.1 Å². The van der Waals surface area contributed by atoms with Crippen LogP contribution in [0.3, 0.4) is 0 Å². The molecule has 1 aliphatic heterocycles. The molecule has 1 aromatic heterocycles. The molecule has 0 saturated heterocycles. The molecule has 1 atom stereocenters. The van der Waals surface area contributed by atoms with Gasteiger partial charge in [0.25, 0.3) is 5.72 Å². The molecule has 0 spiro atoms. The quantitative estimate of drug-likeness (QED) is 0.789. The summed E-state index contributed by atoms with van der Waals surface area (Å²) in [7, 11) is 1.39. The predicted molar refractivity (Wildman–Crippen MR) is 85.6 cm³/mol. The lowest BCUT2D eigenvalue weighted by Crippen LogP contribution is -2.55. The van der Waals surface area contributed by atoms with E-state index in [4.69, 9.17) is 4.74 Å². The van der Waals surface area contributed by atoms with Crippen LogP contribution in [0, 0.1) is 0 Å². The van der Waals surface area contributed by atoms with Crippen LogP contribution in [0.25, 0.3) is 11.3 Å². The van der Waals surface area contributed by atoms with Crippen molar-refractivity contribution >= 4 is 12.2 Å². The molecule has 0 radical (unpaired) electrons. The third kappa shape index (κ3) is 3.46. The third-order valence-electron chi connectivity index (χ3n) is 3.96. The number of aliphatic hydroxyl groups is 1. The van der Waals surface area contributed by atoms with Gasteiger partial charge in [-0.15, -0.1) is 0 Å². The standard InChI is InChI=1S/C16H12F6N4O2/c1-28-10-4-2-9(3-5-10)11-8-12(15(17,18)19)25-13(24-11)26-14(27,6-7-23-26)16(20,21)22/h2-5,7-8,27H,6H2,1H3. The normalized spacial score (nSPS) is 19.9. The van der Waals surface area contributed by atoms with Crippen LogP contribution in [-0.2, 0) is 6.18 Å². The van der Waals surface area contributed by atoms with Gasteiger partial charge in [-0.1, -0.05) is 0 Å². The molecule has 3 rings (SSSR count). The lowest BCUT2D eigenvalue weighted by molar-refractivity contribution is -0.254. The Morgan fingerprint density at radius 2 is 1.71 bits per heavy atom. The van der Waals surface area contributed by atoms with Crippen molar-refractivity contribution in [2.75, 3.05) is 12.1 Å². The number of alkyl halides is 6. The van der Waals surface area contributed by atoms with Gasteiger partial charge in [0.1, 0.15) is 5.75 Å². The van der Waals surface area contributed by atoms with Crippen LogP contribution < -0.4 is 9.75 Å². The second-order valence-corrected chi connectivity index (χ2v) is 5.79. The smallest absolute Gasteiger partial charge is 0.438 e. The highest BCUT2D eigenvalue weighted by molar-refractivity contribution is 5.68. The summed E-state index contributed by atoms with van der Waals surface area (Å²) in [6, 6.07) is 6.26. The van der Waals surface area contributed by atoms with Crippen molar-refractivity contribution in [2.24, 2.45) is 5.10 Å². The van der Waals surface area contributed by atoms with Crippen molar-refractivity contribution in [3.63, 3.8) is 0 Å². The first-order valence-electron chi connectivity index (χ1n) is 7.68. The highest BCUT2D eigenvalue weighted by atomic mass is 19.4. The highest BCUT2D eigenvalue weighted by Gasteiger charge is 2.61. The molecule has 1 aromatic carbocycles. The number of aromatic nitrogens is 2. The molecular weight excluding hydrogens is 394 g/mol. The summed E-state index contributed by atoms with van der Waals surface area (Å²) in [5, 5.41) is 13.2. The lowest BCUT2D eigenvalue weighted by Gasteiger charge is -2.32. The van der Waals surface area contributed by atoms with Gasteiger partial charge in [-0.3, -0.25) is 0 Å². The van der Waals surface area contributed by atoms with E-state index in [1.807, 2.05) is 0 Å². The monoisotopic (exact) mass is 406 g/mol. The summed E-state index contributed by atoms with van der Waals surface area (Å²) in [5.74, 6) is -0.612. The van der Waals surface area contributed by atoms with Crippen molar-refractivity contribution in [2.45, 2.75) is 24.5 Å². The Hall–Kier alpha value is -2.89. The molecule has 1 unspecified atom stereocenters. The fourth-order valence-corrected chi connectivity index (χ4v) is 2.47. The maximum atomic E-state index is 13.3. The van der Waals surface area contributed by atoms with Crippen LogP contribution in [0.1, 0.15) is 12.1 Å². The number of benzene rings is 1. The third-order valence-corrected chi connectivity index (χ3v) is 3.96. The first-order valence-corrected chi connectivity index (χ1v) is 7.68. The fourth-order valence-electron chi connectivity index (χ4n) is 2.47. The van der Waals surface area contributed by atoms with Crippen LogP contribution in [0.2, 0.25) is 0 Å². The van der Waals surface area contributed by atoms with Gasteiger partial charge in [0.05, 0.1) is 12.8 Å². The Bertz CT molecular complexity index is 897. The maximum Gasteiger partial charge on any atom is 0.438 e. The first-order chi connectivity index (χ1) is 13.0. The van der Waals surface area contributed by atoms with E-state index in [0.29, 0.717) is 11.8 Å². The zero-order valence-corrected chi connectivity index (χ0v) is 14.1. The van der Waals surface area contributed by atoms with Crippen LogP contribution in [0.5, 0.6) is 5.75 Å². The highest BCUT2D eigenvalue weighted by Crippen LogP contribution is 2.41. The number of halogens is 6. The summed E-state index contributed by atoms with van der Waals surface area (Å²) in [6.45, 7) is 0. The Kier molecular flexibility index (Phi) is 4.69. The lowest BCUT2D eigenvalue weighted by atomic mass is 10.1. The fraction of sp³-hybridized carbons (Fsp3) is 0.312. The van der Waals surface area contributed by atoms with Gasteiger partial charge in [0.15, 0.2) is 5.69 Å². The van der Waals surface area contributed by atoms with E-state index in [1.54, 1.807) is 0 Å². The summed E-state index contributed by atoms with van der Waals surface area (Å²) in [4.78, 5) is 6.91. The van der Waals surface area contributed by atoms with Crippen molar-refractivity contribution in [1.82, 2.24) is 9.97 Å². The van der Waals surface area contributed by atoms with Gasteiger partial charge >= 0.3 is 12.4 Å². The first kappa shape index (κ1) is 19.9. The summed E-state index contributed by atoms with van der Waals surface area (Å²) >= 11 is 0. The van der Waals surface area contributed by atoms with Gasteiger partial charge in [-0.05, 0) is 30.3 Å². The minimum atomic E-state index is -5.21. The number of methoxy groups -OCH3 is 1. The molecule has 1 N–H and O–H groups in total. The molecule has 0 bridgehead atoms. The molecular formula is C16H12F6N4O2. The van der Waals surface area contributed by atoms with Gasteiger partial charge in [-0.25, -0.2) is 9.97 Å². The number of hydrazone groups is 1. The zero-order chi connectivity index (χ0) is 20.7. The van der Waals surface area contributed by atoms with Gasteiger partial charge < -0.3 is 9.84 Å². The van der Waals surface area contributed by atoms with Crippen LogP contribution in [0.15, 0.2) is 35.4 Å². The molecule has 2 aromatic rings. The average molecular weight is 406 g/mol. The topological polar surface area (TPSA) is 70.8 Å². The summed E-state index contributed by atoms with van der Waals surface area (Å²) in [6.07, 6.45) is -10.4. The van der Waals surface area contributed by atoms with E-state index in [0.717, 1.165) is 6.21 Å². The van der Waals surface area contributed by atoms with Crippen molar-refractivity contribution in [3.05, 3.63) is 36.0 Å². The number of rotatable bonds is 3. The van der Waals surface area contributed by atoms with Crippen molar-refractivity contribution in [1.29, 1.82) is 0 Å². The van der Waals surface area contributed by atoms with E-state index in [9.17, 15) is 31.4 Å². The van der Waals surface area contributed by atoms with Gasteiger partial charge in [0, 0.05) is 18.2 Å². The molecule has 12 heteroatoms. The van der Waals surface area contributed by atoms with Crippen LogP contribution in [0.4, 0.5) is 32.3 Å². The molecule has 0 saturated carbocycles. The number of hydrogen-bond donors (Lipinski definition) is 1. The molecule has 0 aliphatic carbocycles. The predicted octanol–water partition coefficient (Wildman–Crippen LogP) is 3.62. The van der Waals surface area contributed by atoms with Gasteiger partial charge in [-0.2, -0.15) is 36.5 Å². The van der Waals surface area contributed by atoms with Crippen molar-refractivity contribution in [3.8, 4) is 17.0 Å². The second-order valence-electron chi connectivity index (χ2n) is 5.79. The zero-order valence-electron chi connectivity index (χ0n) is 14.1. The van der Waals surface area contributed by atoms with Crippen LogP contribution >= 0.6 is 0 Å². The molecule has 2 heterocycles. The van der Waals surface area contributed by atoms with Crippen molar-refractivity contribution < 1.29 is 36.2 Å². The van der Waals surface area contributed by atoms with E-state index in [-0.39, 0.29) is 16.3 Å². The molecule has 28 heavy (non-hydrogen) atoms.